The molecule has 0 N–H and O–H groups in total. The molecule has 9 heteroatoms. The number of nitrogens with zero attached hydrogens (tertiary/aromatic N) is 2. The first kappa shape index (κ1) is 17.6. The van der Waals surface area contributed by atoms with Crippen molar-refractivity contribution in [3.63, 3.8) is 0 Å². The van der Waals surface area contributed by atoms with Gasteiger partial charge in [-0.1, -0.05) is 11.5 Å². The molecule has 20 heavy (non-hydrogen) atoms. The van der Waals surface area contributed by atoms with E-state index < -0.39 is 24.0 Å². The van der Waals surface area contributed by atoms with Crippen molar-refractivity contribution < 1.29 is 73.5 Å². The van der Waals surface area contributed by atoms with E-state index in [1.165, 1.54) is 12.4 Å². The molecule has 0 saturated heterocycles. The third kappa shape index (κ3) is 4.81. The van der Waals surface area contributed by atoms with Crippen molar-refractivity contribution in [1.29, 1.82) is 0 Å². The average molecular weight is 310 g/mol. The second-order valence-corrected chi connectivity index (χ2v) is 3.71. The van der Waals surface area contributed by atoms with Gasteiger partial charge in [-0.05, 0) is 12.1 Å². The first-order chi connectivity index (χ1) is 8.97. The Bertz CT molecular complexity index is 568. The van der Waals surface area contributed by atoms with E-state index in [4.69, 9.17) is 4.74 Å². The Labute approximate surface area is 155 Å². The molecule has 0 aliphatic rings. The van der Waals surface area contributed by atoms with Crippen LogP contribution in [0.5, 0.6) is 5.75 Å². The minimum atomic E-state index is -5.27. The Morgan fingerprint density at radius 2 is 1.75 bits per heavy atom. The Balaban J connectivity index is 0.00000200. The summed E-state index contributed by atoms with van der Waals surface area (Å²) in [5, 5.41) is 0. The van der Waals surface area contributed by atoms with Gasteiger partial charge in [0.25, 0.3) is 0 Å². The molecule has 2 rings (SSSR count). The van der Waals surface area contributed by atoms with Gasteiger partial charge < -0.3 is 17.7 Å². The fourth-order valence-electron chi connectivity index (χ4n) is 1.45. The third-order valence-corrected chi connectivity index (χ3v) is 2.30. The Kier molecular flexibility index (Phi) is 6.60. The van der Waals surface area contributed by atoms with Crippen LogP contribution in [0.15, 0.2) is 36.7 Å². The molecule has 0 aliphatic carbocycles. The monoisotopic (exact) mass is 310 g/mol. The van der Waals surface area contributed by atoms with E-state index in [2.05, 4.69) is 9.97 Å². The number of hydrogen-bond acceptors (Lipinski definition) is 3. The number of aromatic nitrogens is 2. The summed E-state index contributed by atoms with van der Waals surface area (Å²) in [5.74, 6) is -1.14. The van der Waals surface area contributed by atoms with Gasteiger partial charge in [0.05, 0.1) is 5.75 Å². The second kappa shape index (κ2) is 7.51. The number of rotatable bonds is 4. The zero-order valence-electron chi connectivity index (χ0n) is 10.6. The summed E-state index contributed by atoms with van der Waals surface area (Å²) in [4.78, 5) is 7.60. The van der Waals surface area contributed by atoms with E-state index in [0.29, 0.717) is 12.1 Å². The van der Waals surface area contributed by atoms with Crippen LogP contribution in [-0.2, 0) is 6.61 Å². The van der Waals surface area contributed by atoms with E-state index in [9.17, 15) is 17.3 Å². The van der Waals surface area contributed by atoms with Crippen LogP contribution in [0.4, 0.5) is 17.3 Å². The molecule has 0 saturated carbocycles. The summed E-state index contributed by atoms with van der Waals surface area (Å²) in [6, 6.07) is 3.68. The molecule has 0 radical (unpaired) electrons. The molecule has 0 unspecified atom stereocenters. The minimum absolute atomic E-state index is 0. The van der Waals surface area contributed by atoms with E-state index >= 15 is 0 Å². The molecular formula is C11H8BF4KN2O. The summed E-state index contributed by atoms with van der Waals surface area (Å²) in [6.45, 7) is -5.53. The van der Waals surface area contributed by atoms with Crippen molar-refractivity contribution in [3.8, 4) is 5.75 Å². The van der Waals surface area contributed by atoms with Gasteiger partial charge >= 0.3 is 58.4 Å². The number of hydrogen-bond donors (Lipinski definition) is 0. The standard InChI is InChI=1S/C11H8BF4N2O.K/c13-8-2-3-9(12(14,15)16)10(6-8)19-7-11-17-4-1-5-18-11;/h1-6H,7H2;/q-1;+1. The molecule has 0 fully saturated rings. The van der Waals surface area contributed by atoms with Crippen molar-refractivity contribution in [2.75, 3.05) is 0 Å². The minimum Gasteiger partial charge on any atom is -0.488 e. The van der Waals surface area contributed by atoms with Gasteiger partial charge in [0.15, 0.2) is 5.82 Å². The molecule has 100 valence electrons. The van der Waals surface area contributed by atoms with Gasteiger partial charge in [-0.15, -0.1) is 0 Å². The average Bonchev–Trinajstić information content (AvgIpc) is 2.36. The van der Waals surface area contributed by atoms with Crippen LogP contribution >= 0.6 is 0 Å². The molecule has 0 bridgehead atoms. The molecule has 1 aromatic carbocycles. The van der Waals surface area contributed by atoms with Crippen LogP contribution < -0.4 is 61.6 Å². The van der Waals surface area contributed by atoms with Gasteiger partial charge in [-0.25, -0.2) is 14.4 Å². The van der Waals surface area contributed by atoms with Crippen molar-refractivity contribution in [3.05, 3.63) is 48.3 Å². The fourth-order valence-corrected chi connectivity index (χ4v) is 1.45. The van der Waals surface area contributed by atoms with E-state index in [1.54, 1.807) is 6.07 Å². The van der Waals surface area contributed by atoms with Gasteiger partial charge in [0, 0.05) is 18.5 Å². The summed E-state index contributed by atoms with van der Waals surface area (Å²) >= 11 is 0. The topological polar surface area (TPSA) is 35.0 Å². The van der Waals surface area contributed by atoms with Gasteiger partial charge in [-0.3, -0.25) is 0 Å². The quantitative estimate of drug-likeness (QED) is 0.551. The summed E-state index contributed by atoms with van der Waals surface area (Å²) in [5.41, 5.74) is -0.975. The molecule has 2 aromatic rings. The molecule has 1 heterocycles. The van der Waals surface area contributed by atoms with Crippen LogP contribution in [0.1, 0.15) is 5.82 Å². The summed E-state index contributed by atoms with van der Waals surface area (Å²) in [7, 11) is 0. The zero-order valence-corrected chi connectivity index (χ0v) is 13.7. The van der Waals surface area contributed by atoms with Gasteiger partial charge in [-0.2, -0.15) is 0 Å². The predicted molar refractivity (Wildman–Crippen MR) is 61.5 cm³/mol. The van der Waals surface area contributed by atoms with Crippen LogP contribution in [0, 0.1) is 5.82 Å². The van der Waals surface area contributed by atoms with Crippen molar-refractivity contribution in [2.24, 2.45) is 0 Å². The maximum absolute atomic E-state index is 13.0. The Morgan fingerprint density at radius 1 is 1.10 bits per heavy atom. The summed E-state index contributed by atoms with van der Waals surface area (Å²) in [6.07, 6.45) is 2.87. The first-order valence-electron chi connectivity index (χ1n) is 5.35. The number of halogens is 4. The third-order valence-electron chi connectivity index (χ3n) is 2.30. The molecule has 0 amide bonds. The van der Waals surface area contributed by atoms with Crippen LogP contribution in [-0.4, -0.2) is 16.9 Å². The smallest absolute Gasteiger partial charge is 0.488 e. The normalized spacial score (nSPS) is 10.8. The number of ether oxygens (including phenoxy) is 1. The molecule has 1 aromatic heterocycles. The molecule has 0 spiro atoms. The molecular weight excluding hydrogens is 302 g/mol. The Morgan fingerprint density at radius 3 is 2.35 bits per heavy atom. The van der Waals surface area contributed by atoms with E-state index in [0.717, 1.165) is 6.07 Å². The van der Waals surface area contributed by atoms with Crippen LogP contribution in [0.2, 0.25) is 0 Å². The zero-order chi connectivity index (χ0) is 13.9. The second-order valence-electron chi connectivity index (χ2n) is 3.71. The molecule has 3 nitrogen and oxygen atoms in total. The maximum atomic E-state index is 13.0. The van der Waals surface area contributed by atoms with Crippen LogP contribution in [0.3, 0.4) is 0 Å². The van der Waals surface area contributed by atoms with Crippen molar-refractivity contribution in [1.82, 2.24) is 9.97 Å². The van der Waals surface area contributed by atoms with E-state index in [-0.39, 0.29) is 63.8 Å². The maximum Gasteiger partial charge on any atom is 1.00 e. The first-order valence-corrected chi connectivity index (χ1v) is 5.35. The van der Waals surface area contributed by atoms with Gasteiger partial charge in [0.2, 0.25) is 0 Å². The van der Waals surface area contributed by atoms with Crippen LogP contribution in [0.25, 0.3) is 0 Å². The Hall–Kier alpha value is -0.479. The SMILES string of the molecule is Fc1ccc([B-](F)(F)F)c(OCc2ncccn2)c1.[K+]. The predicted octanol–water partition coefficient (Wildman–Crippen LogP) is -0.747. The summed E-state index contributed by atoms with van der Waals surface area (Å²) < 4.78 is 56.2. The van der Waals surface area contributed by atoms with E-state index in [1.807, 2.05) is 0 Å². The molecule has 0 atom stereocenters. The fraction of sp³-hybridized carbons (Fsp3) is 0.0909. The number of benzene rings is 1. The van der Waals surface area contributed by atoms with Gasteiger partial charge in [0.1, 0.15) is 12.4 Å². The van der Waals surface area contributed by atoms with Crippen molar-refractivity contribution in [2.45, 2.75) is 6.61 Å². The molecule has 0 aliphatic heterocycles. The largest absolute Gasteiger partial charge is 1.00 e. The van der Waals surface area contributed by atoms with Crippen molar-refractivity contribution >= 4 is 12.4 Å².